The summed E-state index contributed by atoms with van der Waals surface area (Å²) < 4.78 is 7.28. The van der Waals surface area contributed by atoms with E-state index >= 15 is 0 Å². The van der Waals surface area contributed by atoms with Crippen LogP contribution in [0.1, 0.15) is 39.2 Å². The molecule has 5 aromatic rings. The molecule has 1 fully saturated rings. The minimum absolute atomic E-state index is 0.0373. The predicted octanol–water partition coefficient (Wildman–Crippen LogP) is 7.60. The van der Waals surface area contributed by atoms with Crippen LogP contribution >= 0.6 is 11.8 Å². The number of rotatable bonds is 9. The molecule has 46 heavy (non-hydrogen) atoms. The fraction of sp³-hybridized carbons (Fsp3) is 0.325. The SMILES string of the molecule is CC(C)(C)[Si](OC[C@H]1CCN2CC[C@H](CSCc3c4ccccc4cc4ccccc34)NC2=N1)(c1ccccc1)c1ccccc1. The molecule has 0 radical (unpaired) electrons. The first kappa shape index (κ1) is 31.0. The van der Waals surface area contributed by atoms with E-state index in [-0.39, 0.29) is 11.1 Å². The van der Waals surface area contributed by atoms with Crippen LogP contribution in [-0.4, -0.2) is 56.7 Å². The minimum Gasteiger partial charge on any atom is -0.405 e. The van der Waals surface area contributed by atoms with E-state index in [0.29, 0.717) is 12.6 Å². The van der Waals surface area contributed by atoms with E-state index in [4.69, 9.17) is 9.42 Å². The maximum atomic E-state index is 7.28. The Morgan fingerprint density at radius 1 is 0.783 bits per heavy atom. The van der Waals surface area contributed by atoms with Crippen molar-refractivity contribution < 1.29 is 4.43 Å². The molecule has 7 rings (SSSR count). The van der Waals surface area contributed by atoms with Crippen molar-refractivity contribution in [3.8, 4) is 0 Å². The van der Waals surface area contributed by atoms with Crippen molar-refractivity contribution in [3.05, 3.63) is 121 Å². The molecule has 0 amide bonds. The van der Waals surface area contributed by atoms with Gasteiger partial charge in [-0.3, -0.25) is 0 Å². The van der Waals surface area contributed by atoms with Gasteiger partial charge in [-0.05, 0) is 61.4 Å². The molecule has 0 bridgehead atoms. The summed E-state index contributed by atoms with van der Waals surface area (Å²) in [6.45, 7) is 9.78. The summed E-state index contributed by atoms with van der Waals surface area (Å²) in [6, 6.07) is 42.4. The molecule has 0 saturated carbocycles. The van der Waals surface area contributed by atoms with Crippen molar-refractivity contribution in [3.63, 3.8) is 0 Å². The molecule has 6 heteroatoms. The van der Waals surface area contributed by atoms with Crippen molar-refractivity contribution in [1.29, 1.82) is 0 Å². The second-order valence-corrected chi connectivity index (χ2v) is 19.1. The Morgan fingerprint density at radius 2 is 1.35 bits per heavy atom. The Kier molecular flexibility index (Phi) is 8.95. The molecule has 4 nitrogen and oxygen atoms in total. The first-order valence-corrected chi connectivity index (χ1v) is 19.8. The van der Waals surface area contributed by atoms with Gasteiger partial charge in [0.1, 0.15) is 0 Å². The molecule has 0 spiro atoms. The van der Waals surface area contributed by atoms with Gasteiger partial charge in [0.05, 0.1) is 12.6 Å². The number of nitrogens with zero attached hydrogens (tertiary/aromatic N) is 2. The predicted molar refractivity (Wildman–Crippen MR) is 200 cm³/mol. The van der Waals surface area contributed by atoms with E-state index in [1.54, 1.807) is 0 Å². The van der Waals surface area contributed by atoms with Gasteiger partial charge in [0, 0.05) is 30.6 Å². The molecule has 2 atom stereocenters. The number of benzene rings is 5. The van der Waals surface area contributed by atoms with Crippen LogP contribution in [0.25, 0.3) is 21.5 Å². The molecular formula is C40H45N3OSSi. The number of hydrogen-bond acceptors (Lipinski definition) is 5. The zero-order chi connectivity index (χ0) is 31.6. The highest BCUT2D eigenvalue weighted by atomic mass is 32.2. The van der Waals surface area contributed by atoms with Gasteiger partial charge < -0.3 is 14.6 Å². The van der Waals surface area contributed by atoms with Gasteiger partial charge in [-0.25, -0.2) is 4.99 Å². The molecule has 2 heterocycles. The average Bonchev–Trinajstić information content (AvgIpc) is 3.08. The zero-order valence-electron chi connectivity index (χ0n) is 27.3. The highest BCUT2D eigenvalue weighted by Gasteiger charge is 2.50. The summed E-state index contributed by atoms with van der Waals surface area (Å²) in [7, 11) is -2.59. The standard InChI is InChI=1S/C40H45N3OSSi/c1-40(2,3)46(34-16-6-4-7-17-34,35-18-8-5-9-19-35)44-27-32-22-24-43-25-23-33(42-39(43)41-32)28-45-29-38-36-20-12-10-14-30(36)26-31-15-11-13-21-37(31)38/h4-21,26,32-33H,22-25,27-29H2,1-3H3,(H,41,42)/t32-,33-/m1/s1. The summed E-state index contributed by atoms with van der Waals surface area (Å²) >= 11 is 2.04. The molecule has 0 aromatic heterocycles. The van der Waals surface area contributed by atoms with Crippen LogP contribution in [0.3, 0.4) is 0 Å². The normalized spacial score (nSPS) is 18.7. The zero-order valence-corrected chi connectivity index (χ0v) is 29.1. The summed E-state index contributed by atoms with van der Waals surface area (Å²) in [4.78, 5) is 7.74. The number of aliphatic imine (C=N–C) groups is 1. The number of hydrogen-bond donors (Lipinski definition) is 1. The molecule has 0 unspecified atom stereocenters. The minimum atomic E-state index is -2.59. The lowest BCUT2D eigenvalue weighted by molar-refractivity contribution is 0.233. The second-order valence-electron chi connectivity index (χ2n) is 13.8. The van der Waals surface area contributed by atoms with Crippen LogP contribution in [0.5, 0.6) is 0 Å². The van der Waals surface area contributed by atoms with Gasteiger partial charge in [-0.2, -0.15) is 11.8 Å². The van der Waals surface area contributed by atoms with Crippen molar-refractivity contribution in [2.75, 3.05) is 25.4 Å². The van der Waals surface area contributed by atoms with Gasteiger partial charge >= 0.3 is 0 Å². The molecule has 1 saturated heterocycles. The highest BCUT2D eigenvalue weighted by molar-refractivity contribution is 7.98. The molecule has 0 aliphatic carbocycles. The summed E-state index contributed by atoms with van der Waals surface area (Å²) in [5, 5.41) is 11.9. The summed E-state index contributed by atoms with van der Waals surface area (Å²) in [6.07, 6.45) is 2.17. The van der Waals surface area contributed by atoms with Gasteiger partial charge in [-0.15, -0.1) is 0 Å². The highest BCUT2D eigenvalue weighted by Crippen LogP contribution is 2.37. The van der Waals surface area contributed by atoms with Crippen LogP contribution in [0.2, 0.25) is 5.04 Å². The van der Waals surface area contributed by atoms with Crippen molar-refractivity contribution in [2.45, 2.75) is 56.5 Å². The van der Waals surface area contributed by atoms with Crippen LogP contribution < -0.4 is 15.7 Å². The topological polar surface area (TPSA) is 36.9 Å². The monoisotopic (exact) mass is 643 g/mol. The van der Waals surface area contributed by atoms with Crippen LogP contribution in [0.15, 0.2) is 120 Å². The Labute approximate surface area is 279 Å². The van der Waals surface area contributed by atoms with Crippen molar-refractivity contribution in [2.24, 2.45) is 4.99 Å². The van der Waals surface area contributed by atoms with Gasteiger partial charge in [0.25, 0.3) is 8.32 Å². The largest absolute Gasteiger partial charge is 0.405 e. The fourth-order valence-corrected chi connectivity index (χ4v) is 13.2. The third-order valence-electron chi connectivity index (χ3n) is 9.77. The lowest BCUT2D eigenvalue weighted by atomic mass is 9.98. The number of guanidine groups is 1. The van der Waals surface area contributed by atoms with E-state index in [0.717, 1.165) is 43.4 Å². The average molecular weight is 644 g/mol. The molecule has 2 aliphatic heterocycles. The van der Waals surface area contributed by atoms with Crippen LogP contribution in [-0.2, 0) is 10.2 Å². The maximum Gasteiger partial charge on any atom is 0.261 e. The van der Waals surface area contributed by atoms with Crippen molar-refractivity contribution >= 4 is 58.0 Å². The van der Waals surface area contributed by atoms with E-state index in [1.165, 1.54) is 37.5 Å². The van der Waals surface area contributed by atoms with E-state index in [2.05, 4.69) is 146 Å². The molecule has 236 valence electrons. The van der Waals surface area contributed by atoms with E-state index < -0.39 is 8.32 Å². The lowest BCUT2D eigenvalue weighted by Gasteiger charge is -2.44. The Bertz CT molecular complexity index is 1730. The summed E-state index contributed by atoms with van der Waals surface area (Å²) in [5.74, 6) is 3.13. The number of fused-ring (bicyclic) bond motifs is 3. The lowest BCUT2D eigenvalue weighted by Crippen LogP contribution is -2.67. The smallest absolute Gasteiger partial charge is 0.261 e. The van der Waals surface area contributed by atoms with E-state index in [9.17, 15) is 0 Å². The molecule has 5 aromatic carbocycles. The third-order valence-corrected chi connectivity index (χ3v) is 15.9. The van der Waals surface area contributed by atoms with Gasteiger partial charge in [0.2, 0.25) is 0 Å². The number of nitrogens with one attached hydrogen (secondary N) is 1. The Balaban J connectivity index is 1.06. The first-order chi connectivity index (χ1) is 22.4. The molecule has 2 aliphatic rings. The van der Waals surface area contributed by atoms with Gasteiger partial charge in [-0.1, -0.05) is 130 Å². The Hall–Kier alpha value is -3.58. The Morgan fingerprint density at radius 3 is 1.96 bits per heavy atom. The molecule has 1 N–H and O–H groups in total. The van der Waals surface area contributed by atoms with Gasteiger partial charge in [0.15, 0.2) is 5.96 Å². The summed E-state index contributed by atoms with van der Waals surface area (Å²) in [5.41, 5.74) is 1.45. The maximum absolute atomic E-state index is 7.28. The first-order valence-electron chi connectivity index (χ1n) is 16.7. The van der Waals surface area contributed by atoms with E-state index in [1.807, 2.05) is 11.8 Å². The number of thioether (sulfide) groups is 1. The quantitative estimate of drug-likeness (QED) is 0.133. The molecular weight excluding hydrogens is 599 g/mol. The van der Waals surface area contributed by atoms with Crippen LogP contribution in [0, 0.1) is 0 Å². The second kappa shape index (κ2) is 13.3. The van der Waals surface area contributed by atoms with Crippen molar-refractivity contribution in [1.82, 2.24) is 10.2 Å². The van der Waals surface area contributed by atoms with Crippen LogP contribution in [0.4, 0.5) is 0 Å². The fourth-order valence-electron chi connectivity index (χ4n) is 7.44. The third kappa shape index (κ3) is 6.11.